The molecule has 1 N–H and O–H groups in total. The summed E-state index contributed by atoms with van der Waals surface area (Å²) in [5.74, 6) is 0.730. The van der Waals surface area contributed by atoms with Crippen LogP contribution in [0.3, 0.4) is 0 Å². The van der Waals surface area contributed by atoms with Gasteiger partial charge in [0, 0.05) is 26.7 Å². The summed E-state index contributed by atoms with van der Waals surface area (Å²) in [6.45, 7) is 5.86. The Balaban J connectivity index is 1.92. The highest BCUT2D eigenvalue weighted by Gasteiger charge is 2.23. The number of aromatic nitrogens is 2. The number of hydrogen-bond acceptors (Lipinski definition) is 5. The number of ether oxygens (including phenoxy) is 1. The summed E-state index contributed by atoms with van der Waals surface area (Å²) in [5.41, 5.74) is 2.04. The van der Waals surface area contributed by atoms with Gasteiger partial charge in [0.2, 0.25) is 10.0 Å². The number of nitrogens with zero attached hydrogens (tertiary/aromatic N) is 3. The molecule has 0 amide bonds. The smallest absolute Gasteiger partial charge is 0.328 e. The van der Waals surface area contributed by atoms with Crippen LogP contribution < -0.4 is 15.1 Å². The molecular formula is C22H30N4O4S. The van der Waals surface area contributed by atoms with E-state index in [1.165, 1.54) is 21.3 Å². The molecule has 2 aromatic carbocycles. The molecule has 0 unspecified atom stereocenters. The number of rotatable bonds is 9. The molecule has 31 heavy (non-hydrogen) atoms. The van der Waals surface area contributed by atoms with E-state index in [0.29, 0.717) is 11.0 Å². The van der Waals surface area contributed by atoms with Crippen molar-refractivity contribution in [2.24, 2.45) is 14.1 Å². The minimum absolute atomic E-state index is 0.130. The van der Waals surface area contributed by atoms with Gasteiger partial charge in [-0.25, -0.2) is 17.9 Å². The summed E-state index contributed by atoms with van der Waals surface area (Å²) >= 11 is 0. The van der Waals surface area contributed by atoms with Crippen LogP contribution in [-0.2, 0) is 24.1 Å². The van der Waals surface area contributed by atoms with Gasteiger partial charge in [-0.2, -0.15) is 0 Å². The highest BCUT2D eigenvalue weighted by Crippen LogP contribution is 2.25. The topological polar surface area (TPSA) is 85.6 Å². The number of aryl methyl sites for hydroxylation is 2. The number of fused-ring (bicyclic) bond motifs is 1. The van der Waals surface area contributed by atoms with E-state index in [0.717, 1.165) is 24.4 Å². The second kappa shape index (κ2) is 9.25. The predicted octanol–water partition coefficient (Wildman–Crippen LogP) is 2.25. The molecule has 1 atom stereocenters. The van der Waals surface area contributed by atoms with Crippen LogP contribution in [0.25, 0.3) is 11.0 Å². The number of benzene rings is 2. The standard InChI is InChI=1S/C22H30N4O4S/c1-6-26(7-2)21(16-9-8-10-17(13-16)30-5)15-23-31(28,29)18-11-12-19-20(14-18)25(4)22(27)24(19)3/h8-14,21,23H,6-7,15H2,1-5H3/t21-/m0/s1. The summed E-state index contributed by atoms with van der Waals surface area (Å²) in [7, 11) is 1.14. The van der Waals surface area contributed by atoms with Crippen molar-refractivity contribution in [3.05, 3.63) is 58.5 Å². The molecule has 9 heteroatoms. The van der Waals surface area contributed by atoms with Crippen LogP contribution in [0.4, 0.5) is 0 Å². The number of likely N-dealkylation sites (N-methyl/N-ethyl adjacent to an activating group) is 1. The highest BCUT2D eigenvalue weighted by molar-refractivity contribution is 7.89. The van der Waals surface area contributed by atoms with Crippen molar-refractivity contribution in [3.8, 4) is 5.75 Å². The third kappa shape index (κ3) is 4.53. The molecule has 0 saturated heterocycles. The van der Waals surface area contributed by atoms with Crippen LogP contribution in [-0.4, -0.2) is 49.2 Å². The van der Waals surface area contributed by atoms with Gasteiger partial charge in [0.25, 0.3) is 0 Å². The summed E-state index contributed by atoms with van der Waals surface area (Å²) in [6, 6.07) is 12.3. The van der Waals surface area contributed by atoms with Crippen LogP contribution in [0.5, 0.6) is 5.75 Å². The van der Waals surface area contributed by atoms with Gasteiger partial charge in [-0.15, -0.1) is 0 Å². The van der Waals surface area contributed by atoms with Crippen molar-refractivity contribution in [3.63, 3.8) is 0 Å². The summed E-state index contributed by atoms with van der Waals surface area (Å²) in [5, 5.41) is 0. The van der Waals surface area contributed by atoms with E-state index in [4.69, 9.17) is 4.74 Å². The first-order valence-electron chi connectivity index (χ1n) is 10.3. The molecule has 0 aliphatic rings. The molecule has 3 aromatic rings. The molecule has 8 nitrogen and oxygen atoms in total. The maximum atomic E-state index is 13.1. The Morgan fingerprint density at radius 3 is 2.35 bits per heavy atom. The SMILES string of the molecule is CCN(CC)[C@@H](CNS(=O)(=O)c1ccc2c(c1)n(C)c(=O)n2C)c1cccc(OC)c1. The molecule has 0 radical (unpaired) electrons. The third-order valence-electron chi connectivity index (χ3n) is 5.75. The first-order valence-corrected chi connectivity index (χ1v) is 11.7. The summed E-state index contributed by atoms with van der Waals surface area (Å²) in [6.07, 6.45) is 0. The largest absolute Gasteiger partial charge is 0.497 e. The second-order valence-electron chi connectivity index (χ2n) is 7.42. The van der Waals surface area contributed by atoms with Crippen LogP contribution >= 0.6 is 0 Å². The molecule has 1 heterocycles. The molecule has 0 bridgehead atoms. The van der Waals surface area contributed by atoms with Gasteiger partial charge in [0.15, 0.2) is 0 Å². The van der Waals surface area contributed by atoms with E-state index in [1.807, 2.05) is 24.3 Å². The zero-order chi connectivity index (χ0) is 22.8. The fourth-order valence-corrected chi connectivity index (χ4v) is 4.95. The highest BCUT2D eigenvalue weighted by atomic mass is 32.2. The van der Waals surface area contributed by atoms with E-state index in [-0.39, 0.29) is 23.2 Å². The number of methoxy groups -OCH3 is 1. The van der Waals surface area contributed by atoms with Gasteiger partial charge in [0.1, 0.15) is 5.75 Å². The fraction of sp³-hybridized carbons (Fsp3) is 0.409. The molecule has 3 rings (SSSR count). The predicted molar refractivity (Wildman–Crippen MR) is 122 cm³/mol. The quantitative estimate of drug-likeness (QED) is 0.545. The minimum atomic E-state index is -3.77. The maximum absolute atomic E-state index is 13.1. The van der Waals surface area contributed by atoms with Crippen LogP contribution in [0.1, 0.15) is 25.5 Å². The summed E-state index contributed by atoms with van der Waals surface area (Å²) < 4.78 is 37.2. The van der Waals surface area contributed by atoms with Crippen LogP contribution in [0, 0.1) is 0 Å². The Hall–Kier alpha value is -2.62. The first kappa shape index (κ1) is 23.1. The lowest BCUT2D eigenvalue weighted by atomic mass is 10.0. The van der Waals surface area contributed by atoms with Crippen molar-refractivity contribution in [1.82, 2.24) is 18.8 Å². The number of sulfonamides is 1. The minimum Gasteiger partial charge on any atom is -0.497 e. The zero-order valence-corrected chi connectivity index (χ0v) is 19.4. The van der Waals surface area contributed by atoms with E-state index < -0.39 is 10.0 Å². The monoisotopic (exact) mass is 446 g/mol. The molecule has 0 spiro atoms. The van der Waals surface area contributed by atoms with Crippen molar-refractivity contribution in [2.75, 3.05) is 26.7 Å². The third-order valence-corrected chi connectivity index (χ3v) is 7.17. The Bertz CT molecular complexity index is 1230. The van der Waals surface area contributed by atoms with E-state index in [9.17, 15) is 13.2 Å². The summed E-state index contributed by atoms with van der Waals surface area (Å²) in [4.78, 5) is 14.5. The lowest BCUT2D eigenvalue weighted by molar-refractivity contribution is 0.219. The Labute approximate surface area is 183 Å². The zero-order valence-electron chi connectivity index (χ0n) is 18.6. The lowest BCUT2D eigenvalue weighted by Crippen LogP contribution is -2.38. The Morgan fingerprint density at radius 2 is 1.71 bits per heavy atom. The average molecular weight is 447 g/mol. The first-order chi connectivity index (χ1) is 14.7. The maximum Gasteiger partial charge on any atom is 0.328 e. The van der Waals surface area contributed by atoms with Gasteiger partial charge < -0.3 is 4.74 Å². The van der Waals surface area contributed by atoms with Gasteiger partial charge in [-0.1, -0.05) is 26.0 Å². The number of imidazole rings is 1. The van der Waals surface area contributed by atoms with Gasteiger partial charge in [-0.3, -0.25) is 14.0 Å². The van der Waals surface area contributed by atoms with E-state index >= 15 is 0 Å². The van der Waals surface area contributed by atoms with Crippen molar-refractivity contribution in [2.45, 2.75) is 24.8 Å². The lowest BCUT2D eigenvalue weighted by Gasteiger charge is -2.30. The molecule has 0 fully saturated rings. The molecule has 1 aromatic heterocycles. The van der Waals surface area contributed by atoms with Gasteiger partial charge in [0.05, 0.1) is 23.0 Å². The average Bonchev–Trinajstić information content (AvgIpc) is 3.00. The van der Waals surface area contributed by atoms with Crippen molar-refractivity contribution in [1.29, 1.82) is 0 Å². The Kier molecular flexibility index (Phi) is 6.88. The molecule has 168 valence electrons. The molecule has 0 aliphatic heterocycles. The molecular weight excluding hydrogens is 416 g/mol. The molecule has 0 saturated carbocycles. The van der Waals surface area contributed by atoms with Crippen LogP contribution in [0.2, 0.25) is 0 Å². The normalized spacial score (nSPS) is 13.1. The van der Waals surface area contributed by atoms with E-state index in [1.54, 1.807) is 27.3 Å². The fourth-order valence-electron chi connectivity index (χ4n) is 3.90. The molecule has 0 aliphatic carbocycles. The van der Waals surface area contributed by atoms with E-state index in [2.05, 4.69) is 23.5 Å². The number of nitrogens with one attached hydrogen (secondary N) is 1. The van der Waals surface area contributed by atoms with Crippen molar-refractivity contribution < 1.29 is 13.2 Å². The second-order valence-corrected chi connectivity index (χ2v) is 9.18. The Morgan fingerprint density at radius 1 is 1.03 bits per heavy atom. The number of hydrogen-bond donors (Lipinski definition) is 1. The van der Waals surface area contributed by atoms with Gasteiger partial charge in [-0.05, 0) is 49.0 Å². The van der Waals surface area contributed by atoms with Crippen molar-refractivity contribution >= 4 is 21.1 Å². The van der Waals surface area contributed by atoms with Gasteiger partial charge >= 0.3 is 5.69 Å². The van der Waals surface area contributed by atoms with Crippen LogP contribution in [0.15, 0.2) is 52.2 Å².